The number of ether oxygens (including phenoxy) is 1. The molecule has 0 heterocycles. The van der Waals surface area contributed by atoms with Crippen LogP contribution in [0.5, 0.6) is 0 Å². The van der Waals surface area contributed by atoms with Crippen LogP contribution in [0.3, 0.4) is 0 Å². The fraction of sp³-hybridized carbons (Fsp3) is 0.105. The van der Waals surface area contributed by atoms with Crippen LogP contribution in [0.15, 0.2) is 54.6 Å². The number of allylic oxidation sites excluding steroid dienone is 2. The van der Waals surface area contributed by atoms with Crippen LogP contribution < -0.4 is 0 Å². The van der Waals surface area contributed by atoms with Gasteiger partial charge in [0.05, 0.1) is 0 Å². The summed E-state index contributed by atoms with van der Waals surface area (Å²) in [6, 6.07) is 15.7. The van der Waals surface area contributed by atoms with E-state index >= 15 is 0 Å². The summed E-state index contributed by atoms with van der Waals surface area (Å²) in [5.74, 6) is 2.10. The van der Waals surface area contributed by atoms with Crippen molar-refractivity contribution in [2.75, 3.05) is 0 Å². The van der Waals surface area contributed by atoms with E-state index in [1.165, 1.54) is 6.92 Å². The molecule has 0 amide bonds. The van der Waals surface area contributed by atoms with Crippen molar-refractivity contribution in [1.82, 2.24) is 0 Å². The van der Waals surface area contributed by atoms with Crippen LogP contribution in [0.4, 0.5) is 0 Å². The molecule has 0 N–H and O–H groups in total. The molecular formula is C19H14O3. The molecule has 1 aliphatic carbocycles. The second-order valence-corrected chi connectivity index (χ2v) is 5.07. The second kappa shape index (κ2) is 5.84. The quantitative estimate of drug-likeness (QED) is 0.623. The van der Waals surface area contributed by atoms with E-state index in [0.29, 0.717) is 17.8 Å². The van der Waals surface area contributed by atoms with E-state index in [1.807, 2.05) is 54.5 Å². The zero-order chi connectivity index (χ0) is 15.5. The Bertz CT molecular complexity index is 810. The van der Waals surface area contributed by atoms with Gasteiger partial charge < -0.3 is 4.74 Å². The number of carbonyl (C=O) groups excluding carboxylic acids is 2. The summed E-state index contributed by atoms with van der Waals surface area (Å²) < 4.78 is 5.28. The lowest BCUT2D eigenvalue weighted by Crippen LogP contribution is -2.06. The molecule has 0 atom stereocenters. The molecule has 0 aromatic heterocycles. The molecule has 3 heteroatoms. The fourth-order valence-electron chi connectivity index (χ4n) is 2.58. The number of hydrogen-bond acceptors (Lipinski definition) is 3. The molecule has 0 saturated heterocycles. The summed E-state index contributed by atoms with van der Waals surface area (Å²) in [5.41, 5.74) is 4.17. The number of carbonyl (C=O) groups is 1. The molecule has 0 radical (unpaired) electrons. The van der Waals surface area contributed by atoms with Gasteiger partial charge in [0.2, 0.25) is 0 Å². The molecule has 0 spiro atoms. The summed E-state index contributed by atoms with van der Waals surface area (Å²) in [6.45, 7) is 1.37. The first kappa shape index (κ1) is 14.1. The van der Waals surface area contributed by atoms with Crippen LogP contribution in [0.1, 0.15) is 24.5 Å². The number of esters is 1. The summed E-state index contributed by atoms with van der Waals surface area (Å²) >= 11 is 0. The lowest BCUT2D eigenvalue weighted by molar-refractivity contribution is -0.134. The topological polar surface area (TPSA) is 43.4 Å². The maximum atomic E-state index is 11.3. The first-order chi connectivity index (χ1) is 10.7. The van der Waals surface area contributed by atoms with E-state index in [-0.39, 0.29) is 5.97 Å². The van der Waals surface area contributed by atoms with E-state index in [2.05, 4.69) is 0 Å². The lowest BCUT2D eigenvalue weighted by atomic mass is 9.89. The number of rotatable bonds is 2. The Morgan fingerprint density at radius 1 is 1.05 bits per heavy atom. The van der Waals surface area contributed by atoms with Gasteiger partial charge in [-0.05, 0) is 28.8 Å². The molecule has 0 aliphatic heterocycles. The highest BCUT2D eigenvalue weighted by atomic mass is 16.5. The number of hydrogen-bond donors (Lipinski definition) is 0. The van der Waals surface area contributed by atoms with Crippen molar-refractivity contribution in [2.45, 2.75) is 13.3 Å². The second-order valence-electron chi connectivity index (χ2n) is 5.07. The fourth-order valence-corrected chi connectivity index (χ4v) is 2.58. The Labute approximate surface area is 128 Å². The van der Waals surface area contributed by atoms with Gasteiger partial charge in [-0.3, -0.25) is 4.79 Å². The molecule has 3 nitrogen and oxygen atoms in total. The number of fused-ring (bicyclic) bond motifs is 1. The molecule has 2 aromatic carbocycles. The average molecular weight is 290 g/mol. The Morgan fingerprint density at radius 3 is 2.50 bits per heavy atom. The van der Waals surface area contributed by atoms with Crippen molar-refractivity contribution in [1.29, 1.82) is 0 Å². The Morgan fingerprint density at radius 2 is 1.82 bits per heavy atom. The van der Waals surface area contributed by atoms with E-state index in [1.54, 1.807) is 6.08 Å². The molecule has 0 unspecified atom stereocenters. The van der Waals surface area contributed by atoms with Gasteiger partial charge in [0.15, 0.2) is 0 Å². The molecule has 0 saturated carbocycles. The average Bonchev–Trinajstić information content (AvgIpc) is 2.55. The summed E-state index contributed by atoms with van der Waals surface area (Å²) in [7, 11) is 0. The van der Waals surface area contributed by atoms with Gasteiger partial charge in [-0.2, -0.15) is 0 Å². The van der Waals surface area contributed by atoms with E-state index < -0.39 is 0 Å². The molecule has 108 valence electrons. The highest BCUT2D eigenvalue weighted by Crippen LogP contribution is 2.35. The van der Waals surface area contributed by atoms with Gasteiger partial charge in [0.1, 0.15) is 11.7 Å². The minimum Gasteiger partial charge on any atom is -0.426 e. The third-order valence-electron chi connectivity index (χ3n) is 3.59. The summed E-state index contributed by atoms with van der Waals surface area (Å²) in [6.07, 6.45) is 2.17. The van der Waals surface area contributed by atoms with Crippen LogP contribution in [-0.2, 0) is 14.3 Å². The predicted octanol–water partition coefficient (Wildman–Crippen LogP) is 3.88. The zero-order valence-electron chi connectivity index (χ0n) is 12.1. The lowest BCUT2D eigenvalue weighted by Gasteiger charge is -2.18. The van der Waals surface area contributed by atoms with Crippen LogP contribution in [0.2, 0.25) is 0 Å². The highest BCUT2D eigenvalue weighted by Gasteiger charge is 2.20. The van der Waals surface area contributed by atoms with Gasteiger partial charge in [-0.25, -0.2) is 4.79 Å². The van der Waals surface area contributed by atoms with Crippen molar-refractivity contribution < 1.29 is 14.3 Å². The van der Waals surface area contributed by atoms with Gasteiger partial charge in [-0.1, -0.05) is 42.5 Å². The van der Waals surface area contributed by atoms with Gasteiger partial charge in [0, 0.05) is 24.5 Å². The predicted molar refractivity (Wildman–Crippen MR) is 85.3 cm³/mol. The van der Waals surface area contributed by atoms with E-state index in [0.717, 1.165) is 22.3 Å². The van der Waals surface area contributed by atoms with Crippen molar-refractivity contribution in [3.8, 4) is 11.1 Å². The largest absolute Gasteiger partial charge is 0.426 e. The molecule has 22 heavy (non-hydrogen) atoms. The highest BCUT2D eigenvalue weighted by molar-refractivity contribution is 5.96. The Balaban J connectivity index is 2.14. The molecule has 2 aromatic rings. The van der Waals surface area contributed by atoms with E-state index in [9.17, 15) is 9.59 Å². The molecule has 3 rings (SSSR count). The van der Waals surface area contributed by atoms with E-state index in [4.69, 9.17) is 4.74 Å². The standard InChI is InChI=1S/C19H14O3/c1-13(21)22-19-10-8-16(12-20)17-9-7-15(11-18(17)19)14-5-3-2-4-6-14/h2-7,9-11H,8H2,1H3. The van der Waals surface area contributed by atoms with Crippen molar-refractivity contribution >= 4 is 23.2 Å². The third-order valence-corrected chi connectivity index (χ3v) is 3.59. The maximum absolute atomic E-state index is 11.3. The Hall–Kier alpha value is -2.90. The van der Waals surface area contributed by atoms with Gasteiger partial charge in [-0.15, -0.1) is 0 Å². The van der Waals surface area contributed by atoms with Crippen LogP contribution in [0, 0.1) is 0 Å². The molecular weight excluding hydrogens is 276 g/mol. The summed E-state index contributed by atoms with van der Waals surface area (Å²) in [4.78, 5) is 22.4. The van der Waals surface area contributed by atoms with Gasteiger partial charge >= 0.3 is 5.97 Å². The first-order valence-corrected chi connectivity index (χ1v) is 7.02. The van der Waals surface area contributed by atoms with Crippen LogP contribution in [-0.4, -0.2) is 11.9 Å². The third kappa shape index (κ3) is 2.62. The minimum atomic E-state index is -0.374. The van der Waals surface area contributed by atoms with Crippen molar-refractivity contribution in [3.05, 3.63) is 65.7 Å². The monoisotopic (exact) mass is 290 g/mol. The maximum Gasteiger partial charge on any atom is 0.308 e. The number of benzene rings is 2. The zero-order valence-corrected chi connectivity index (χ0v) is 12.1. The normalized spacial score (nSPS) is 13.0. The molecule has 0 bridgehead atoms. The first-order valence-electron chi connectivity index (χ1n) is 7.02. The summed E-state index contributed by atoms with van der Waals surface area (Å²) in [5, 5.41) is 0. The molecule has 1 aliphatic rings. The van der Waals surface area contributed by atoms with Crippen LogP contribution >= 0.6 is 0 Å². The smallest absolute Gasteiger partial charge is 0.308 e. The van der Waals surface area contributed by atoms with Crippen molar-refractivity contribution in [3.63, 3.8) is 0 Å². The Kier molecular flexibility index (Phi) is 3.73. The molecule has 0 fully saturated rings. The van der Waals surface area contributed by atoms with Crippen molar-refractivity contribution in [2.24, 2.45) is 0 Å². The van der Waals surface area contributed by atoms with Crippen LogP contribution in [0.25, 0.3) is 22.5 Å². The minimum absolute atomic E-state index is 0.374. The van der Waals surface area contributed by atoms with Gasteiger partial charge in [0.25, 0.3) is 0 Å². The SMILES string of the molecule is CC(=O)OC1=CCC(=C=O)c2ccc(-c3ccccc3)cc21.